The summed E-state index contributed by atoms with van der Waals surface area (Å²) >= 11 is 0. The van der Waals surface area contributed by atoms with E-state index in [0.29, 0.717) is 6.04 Å². The third kappa shape index (κ3) is 1.20. The van der Waals surface area contributed by atoms with Crippen LogP contribution >= 0.6 is 0 Å². The highest BCUT2D eigenvalue weighted by atomic mass is 16.5. The predicted molar refractivity (Wildman–Crippen MR) is 60.2 cm³/mol. The second-order valence-corrected chi connectivity index (χ2v) is 5.56. The third-order valence-electron chi connectivity index (χ3n) is 4.19. The van der Waals surface area contributed by atoms with Crippen LogP contribution < -0.4 is 5.32 Å². The largest absolute Gasteiger partial charge is 0.359 e. The van der Waals surface area contributed by atoms with Crippen molar-refractivity contribution in [2.45, 2.75) is 38.2 Å². The molecule has 0 amide bonds. The molecule has 92 valence electrons. The number of ether oxygens (including phenoxy) is 1. The zero-order valence-corrected chi connectivity index (χ0v) is 10.2. The van der Waals surface area contributed by atoms with E-state index < -0.39 is 0 Å². The molecule has 0 bridgehead atoms. The number of aromatic nitrogens is 3. The van der Waals surface area contributed by atoms with E-state index in [1.54, 1.807) is 0 Å². The van der Waals surface area contributed by atoms with Crippen molar-refractivity contribution >= 4 is 0 Å². The highest BCUT2D eigenvalue weighted by Gasteiger charge is 2.48. The maximum absolute atomic E-state index is 5.89. The van der Waals surface area contributed by atoms with E-state index in [9.17, 15) is 0 Å². The first-order chi connectivity index (χ1) is 8.17. The molecule has 6 nitrogen and oxygen atoms in total. The maximum atomic E-state index is 5.89. The molecule has 1 saturated heterocycles. The minimum Gasteiger partial charge on any atom is -0.359 e. The first kappa shape index (κ1) is 9.99. The molecule has 1 aromatic rings. The average molecular weight is 235 g/mol. The van der Waals surface area contributed by atoms with Gasteiger partial charge in [-0.15, -0.1) is 10.2 Å². The van der Waals surface area contributed by atoms with E-state index in [2.05, 4.69) is 38.8 Å². The van der Waals surface area contributed by atoms with E-state index in [-0.39, 0.29) is 11.8 Å². The van der Waals surface area contributed by atoms with Gasteiger partial charge in [-0.05, 0) is 13.8 Å². The van der Waals surface area contributed by atoms with Crippen molar-refractivity contribution in [2.75, 3.05) is 19.7 Å². The van der Waals surface area contributed by atoms with Crippen molar-refractivity contribution in [3.05, 3.63) is 11.6 Å². The molecule has 1 aromatic heterocycles. The number of hydrogen-bond acceptors (Lipinski definition) is 5. The Labute approximate surface area is 99.9 Å². The van der Waals surface area contributed by atoms with E-state index in [1.807, 2.05) is 0 Å². The Morgan fingerprint density at radius 1 is 1.41 bits per heavy atom. The van der Waals surface area contributed by atoms with E-state index in [0.717, 1.165) is 37.9 Å². The lowest BCUT2D eigenvalue weighted by Gasteiger charge is -2.42. The fourth-order valence-corrected chi connectivity index (χ4v) is 3.29. The van der Waals surface area contributed by atoms with Crippen molar-refractivity contribution in [3.63, 3.8) is 0 Å². The van der Waals surface area contributed by atoms with Crippen molar-refractivity contribution < 1.29 is 4.74 Å². The Balaban J connectivity index is 1.84. The first-order valence-electron chi connectivity index (χ1n) is 6.22. The summed E-state index contributed by atoms with van der Waals surface area (Å²) < 4.78 is 8.21. The average Bonchev–Trinajstić information content (AvgIpc) is 2.84. The summed E-state index contributed by atoms with van der Waals surface area (Å²) in [5.74, 6) is 2.16. The molecule has 4 heterocycles. The molecule has 1 N–H and O–H groups in total. The zero-order chi connectivity index (χ0) is 11.6. The van der Waals surface area contributed by atoms with Crippen LogP contribution in [-0.2, 0) is 11.3 Å². The topological polar surface area (TPSA) is 55.2 Å². The van der Waals surface area contributed by atoms with Crippen molar-refractivity contribution in [2.24, 2.45) is 0 Å². The summed E-state index contributed by atoms with van der Waals surface area (Å²) in [6.07, 6.45) is 0. The molecule has 2 unspecified atom stereocenters. The van der Waals surface area contributed by atoms with Gasteiger partial charge in [-0.2, -0.15) is 0 Å². The van der Waals surface area contributed by atoms with Crippen LogP contribution in [0.1, 0.15) is 37.6 Å². The molecular formula is C11H17N5O. The molecule has 4 rings (SSSR count). The van der Waals surface area contributed by atoms with E-state index in [1.165, 1.54) is 0 Å². The predicted octanol–water partition coefficient (Wildman–Crippen LogP) is 0.0454. The third-order valence-corrected chi connectivity index (χ3v) is 4.19. The lowest BCUT2D eigenvalue weighted by molar-refractivity contribution is -0.0636. The fourth-order valence-electron chi connectivity index (χ4n) is 3.29. The van der Waals surface area contributed by atoms with Crippen molar-refractivity contribution in [3.8, 4) is 0 Å². The lowest BCUT2D eigenvalue weighted by Crippen LogP contribution is -2.51. The van der Waals surface area contributed by atoms with Gasteiger partial charge in [0.2, 0.25) is 0 Å². The molecule has 3 aliphatic heterocycles. The number of fused-ring (bicyclic) bond motifs is 2. The lowest BCUT2D eigenvalue weighted by atomic mass is 10.1. The number of rotatable bonds is 0. The Hall–Kier alpha value is -0.980. The van der Waals surface area contributed by atoms with Crippen LogP contribution in [0, 0.1) is 0 Å². The number of hydrogen-bond donors (Lipinski definition) is 1. The summed E-state index contributed by atoms with van der Waals surface area (Å²) in [5.41, 5.74) is -0.181. The van der Waals surface area contributed by atoms with Crippen LogP contribution in [0.4, 0.5) is 0 Å². The van der Waals surface area contributed by atoms with Gasteiger partial charge in [-0.3, -0.25) is 4.90 Å². The quantitative estimate of drug-likeness (QED) is 0.688. The Morgan fingerprint density at radius 2 is 2.29 bits per heavy atom. The highest BCUT2D eigenvalue weighted by molar-refractivity contribution is 5.13. The van der Waals surface area contributed by atoms with Crippen molar-refractivity contribution in [1.29, 1.82) is 0 Å². The van der Waals surface area contributed by atoms with Crippen molar-refractivity contribution in [1.82, 2.24) is 25.0 Å². The molecule has 3 aliphatic rings. The van der Waals surface area contributed by atoms with Crippen LogP contribution in [0.25, 0.3) is 0 Å². The summed E-state index contributed by atoms with van der Waals surface area (Å²) in [5, 5.41) is 12.1. The minimum absolute atomic E-state index is 0.181. The van der Waals surface area contributed by atoms with Gasteiger partial charge in [-0.25, -0.2) is 0 Å². The molecule has 0 spiro atoms. The smallest absolute Gasteiger partial charge is 0.153 e. The molecule has 0 saturated carbocycles. The van der Waals surface area contributed by atoms with E-state index >= 15 is 0 Å². The van der Waals surface area contributed by atoms with Gasteiger partial charge >= 0.3 is 0 Å². The second-order valence-electron chi connectivity index (χ2n) is 5.56. The summed E-state index contributed by atoms with van der Waals surface area (Å²) in [6.45, 7) is 7.85. The molecule has 2 atom stereocenters. The summed E-state index contributed by atoms with van der Waals surface area (Å²) in [6, 6.07) is 0.724. The molecule has 6 heteroatoms. The Morgan fingerprint density at radius 3 is 3.18 bits per heavy atom. The standard InChI is InChI=1S/C11H17N5O/c1-11(2)15-5-7-3-12-4-9-13-14-10(16(7)9)8(15)6-17-11/h7-8,12H,3-6H2,1-2H3. The minimum atomic E-state index is -0.181. The fraction of sp³-hybridized carbons (Fsp3) is 0.818. The molecule has 0 aliphatic carbocycles. The molecule has 1 fully saturated rings. The van der Waals surface area contributed by atoms with E-state index in [4.69, 9.17) is 4.74 Å². The Bertz CT molecular complexity index is 468. The highest BCUT2D eigenvalue weighted by Crippen LogP contribution is 2.41. The Kier molecular flexibility index (Phi) is 1.80. The van der Waals surface area contributed by atoms with Crippen LogP contribution in [0.15, 0.2) is 0 Å². The molecule has 17 heavy (non-hydrogen) atoms. The van der Waals surface area contributed by atoms with Crippen LogP contribution in [0.3, 0.4) is 0 Å². The molecule has 0 aromatic carbocycles. The first-order valence-corrected chi connectivity index (χ1v) is 6.22. The van der Waals surface area contributed by atoms with Gasteiger partial charge in [0.25, 0.3) is 0 Å². The van der Waals surface area contributed by atoms with Gasteiger partial charge < -0.3 is 14.6 Å². The van der Waals surface area contributed by atoms with Gasteiger partial charge in [-0.1, -0.05) is 0 Å². The second kappa shape index (κ2) is 3.07. The summed E-state index contributed by atoms with van der Waals surface area (Å²) in [4.78, 5) is 2.42. The van der Waals surface area contributed by atoms with Crippen LogP contribution in [0.5, 0.6) is 0 Å². The number of nitrogens with zero attached hydrogens (tertiary/aromatic N) is 4. The monoisotopic (exact) mass is 235 g/mol. The van der Waals surface area contributed by atoms with Crippen LogP contribution in [-0.4, -0.2) is 45.1 Å². The van der Waals surface area contributed by atoms with Gasteiger partial charge in [0.05, 0.1) is 25.2 Å². The SMILES string of the molecule is CC1(C)OCC2c3nnc4n3C(CNC4)CN21. The normalized spacial score (nSPS) is 34.5. The maximum Gasteiger partial charge on any atom is 0.153 e. The molecule has 0 radical (unpaired) electrons. The molecular weight excluding hydrogens is 218 g/mol. The summed E-state index contributed by atoms with van der Waals surface area (Å²) in [7, 11) is 0. The van der Waals surface area contributed by atoms with Gasteiger partial charge in [0, 0.05) is 13.1 Å². The van der Waals surface area contributed by atoms with Gasteiger partial charge in [0.1, 0.15) is 11.5 Å². The zero-order valence-electron chi connectivity index (χ0n) is 10.2. The number of nitrogens with one attached hydrogen (secondary N) is 1. The van der Waals surface area contributed by atoms with Gasteiger partial charge in [0.15, 0.2) is 5.82 Å². The van der Waals surface area contributed by atoms with Crippen LogP contribution in [0.2, 0.25) is 0 Å².